The van der Waals surface area contributed by atoms with Gasteiger partial charge in [-0.05, 0) is 38.2 Å². The monoisotopic (exact) mass is 272 g/mol. The van der Waals surface area contributed by atoms with Gasteiger partial charge in [-0.15, -0.1) is 0 Å². The van der Waals surface area contributed by atoms with Crippen molar-refractivity contribution in [3.63, 3.8) is 0 Å². The summed E-state index contributed by atoms with van der Waals surface area (Å²) in [4.78, 5) is 24.3. The Bertz CT molecular complexity index is 528. The summed E-state index contributed by atoms with van der Waals surface area (Å²) in [6.45, 7) is 2.52. The van der Waals surface area contributed by atoms with E-state index >= 15 is 0 Å². The molecule has 0 unspecified atom stereocenters. The molecule has 0 heterocycles. The van der Waals surface area contributed by atoms with Gasteiger partial charge in [0, 0.05) is 12.6 Å². The van der Waals surface area contributed by atoms with E-state index in [1.54, 1.807) is 0 Å². The number of hydrogen-bond donors (Lipinski definition) is 2. The lowest BCUT2D eigenvalue weighted by Gasteiger charge is -2.15. The molecule has 2 amide bonds. The smallest absolute Gasteiger partial charge is 0.235 e. The van der Waals surface area contributed by atoms with E-state index in [2.05, 4.69) is 10.6 Å². The Kier molecular flexibility index (Phi) is 3.24. The van der Waals surface area contributed by atoms with Gasteiger partial charge in [-0.2, -0.15) is 0 Å². The summed E-state index contributed by atoms with van der Waals surface area (Å²) in [5.41, 5.74) is 1.47. The molecule has 0 saturated heterocycles. The molecule has 3 rings (SSSR count). The van der Waals surface area contributed by atoms with Crippen LogP contribution >= 0.6 is 0 Å². The first-order chi connectivity index (χ1) is 9.60. The SMILES string of the molecule is Cc1ccc(CNC(=O)C2(C(=O)NC3CC3)CC2)cc1. The van der Waals surface area contributed by atoms with E-state index < -0.39 is 5.41 Å². The molecular weight excluding hydrogens is 252 g/mol. The predicted octanol–water partition coefficient (Wildman–Crippen LogP) is 1.67. The summed E-state index contributed by atoms with van der Waals surface area (Å²) in [6.07, 6.45) is 3.44. The average molecular weight is 272 g/mol. The highest BCUT2D eigenvalue weighted by Crippen LogP contribution is 2.46. The summed E-state index contributed by atoms with van der Waals surface area (Å²) < 4.78 is 0. The molecule has 0 radical (unpaired) electrons. The summed E-state index contributed by atoms with van der Waals surface area (Å²) in [5.74, 6) is -0.211. The van der Waals surface area contributed by atoms with E-state index in [0.717, 1.165) is 18.4 Å². The standard InChI is InChI=1S/C16H20N2O2/c1-11-2-4-12(5-3-11)10-17-14(19)16(8-9-16)15(20)18-13-6-7-13/h2-5,13H,6-10H2,1H3,(H,17,19)(H,18,20). The maximum absolute atomic E-state index is 12.2. The third-order valence-corrected chi connectivity index (χ3v) is 4.11. The largest absolute Gasteiger partial charge is 0.352 e. The normalized spacial score (nSPS) is 19.2. The maximum atomic E-state index is 12.2. The van der Waals surface area contributed by atoms with E-state index in [1.807, 2.05) is 31.2 Å². The van der Waals surface area contributed by atoms with Crippen LogP contribution in [0.4, 0.5) is 0 Å². The summed E-state index contributed by atoms with van der Waals surface area (Å²) >= 11 is 0. The van der Waals surface area contributed by atoms with Gasteiger partial charge in [-0.25, -0.2) is 0 Å². The molecule has 2 fully saturated rings. The molecule has 2 aliphatic carbocycles. The van der Waals surface area contributed by atoms with Gasteiger partial charge >= 0.3 is 0 Å². The van der Waals surface area contributed by atoms with Crippen LogP contribution in [0.2, 0.25) is 0 Å². The molecule has 0 aromatic heterocycles. The van der Waals surface area contributed by atoms with Crippen LogP contribution in [0, 0.1) is 12.3 Å². The first-order valence-electron chi connectivity index (χ1n) is 7.25. The van der Waals surface area contributed by atoms with Crippen LogP contribution in [0.3, 0.4) is 0 Å². The Hall–Kier alpha value is -1.84. The Morgan fingerprint density at radius 3 is 2.35 bits per heavy atom. The maximum Gasteiger partial charge on any atom is 0.235 e. The second kappa shape index (κ2) is 4.93. The first-order valence-corrected chi connectivity index (χ1v) is 7.25. The quantitative estimate of drug-likeness (QED) is 0.801. The summed E-state index contributed by atoms with van der Waals surface area (Å²) in [7, 11) is 0. The van der Waals surface area contributed by atoms with Crippen molar-refractivity contribution < 1.29 is 9.59 Å². The lowest BCUT2D eigenvalue weighted by atomic mass is 10.0. The number of hydrogen-bond acceptors (Lipinski definition) is 2. The molecule has 4 heteroatoms. The Morgan fingerprint density at radius 1 is 1.15 bits per heavy atom. The van der Waals surface area contributed by atoms with Crippen molar-refractivity contribution in [3.8, 4) is 0 Å². The van der Waals surface area contributed by atoms with E-state index in [4.69, 9.17) is 0 Å². The Morgan fingerprint density at radius 2 is 1.80 bits per heavy atom. The number of benzene rings is 1. The third-order valence-electron chi connectivity index (χ3n) is 4.11. The zero-order valence-corrected chi connectivity index (χ0v) is 11.7. The van der Waals surface area contributed by atoms with Crippen LogP contribution in [0.25, 0.3) is 0 Å². The van der Waals surface area contributed by atoms with Crippen molar-refractivity contribution in [1.82, 2.24) is 10.6 Å². The molecule has 0 bridgehead atoms. The predicted molar refractivity (Wildman–Crippen MR) is 75.9 cm³/mol. The third kappa shape index (κ3) is 2.69. The topological polar surface area (TPSA) is 58.2 Å². The lowest BCUT2D eigenvalue weighted by Crippen LogP contribution is -2.43. The first kappa shape index (κ1) is 13.2. The summed E-state index contributed by atoms with van der Waals surface area (Å²) in [6, 6.07) is 8.35. The molecule has 1 aromatic carbocycles. The summed E-state index contributed by atoms with van der Waals surface area (Å²) in [5, 5.41) is 5.84. The van der Waals surface area contributed by atoms with Gasteiger partial charge in [0.15, 0.2) is 0 Å². The number of carbonyl (C=O) groups excluding carboxylic acids is 2. The molecule has 0 aliphatic heterocycles. The minimum atomic E-state index is -0.784. The second-order valence-corrected chi connectivity index (χ2v) is 6.00. The van der Waals surface area contributed by atoms with Gasteiger partial charge < -0.3 is 10.6 Å². The molecule has 4 nitrogen and oxygen atoms in total. The van der Waals surface area contributed by atoms with Crippen molar-refractivity contribution in [3.05, 3.63) is 35.4 Å². The number of aryl methyl sites for hydroxylation is 1. The highest BCUT2D eigenvalue weighted by molar-refractivity contribution is 6.08. The van der Waals surface area contributed by atoms with Gasteiger partial charge in [-0.3, -0.25) is 9.59 Å². The lowest BCUT2D eigenvalue weighted by molar-refractivity contribution is -0.137. The van der Waals surface area contributed by atoms with Gasteiger partial charge in [0.2, 0.25) is 11.8 Å². The minimum Gasteiger partial charge on any atom is -0.352 e. The fourth-order valence-corrected chi connectivity index (χ4v) is 2.29. The zero-order chi connectivity index (χ0) is 14.2. The van der Waals surface area contributed by atoms with Crippen molar-refractivity contribution in [2.24, 2.45) is 5.41 Å². The van der Waals surface area contributed by atoms with Gasteiger partial charge in [0.1, 0.15) is 5.41 Å². The van der Waals surface area contributed by atoms with Crippen LogP contribution in [0.1, 0.15) is 36.8 Å². The highest BCUT2D eigenvalue weighted by Gasteiger charge is 2.57. The molecule has 2 saturated carbocycles. The van der Waals surface area contributed by atoms with E-state index in [1.165, 1.54) is 5.56 Å². The molecule has 0 atom stereocenters. The molecule has 1 aromatic rings. The van der Waals surface area contributed by atoms with Crippen LogP contribution in [0.15, 0.2) is 24.3 Å². The Balaban J connectivity index is 1.55. The molecule has 20 heavy (non-hydrogen) atoms. The fourth-order valence-electron chi connectivity index (χ4n) is 2.29. The van der Waals surface area contributed by atoms with Crippen molar-refractivity contribution >= 4 is 11.8 Å². The highest BCUT2D eigenvalue weighted by atomic mass is 16.2. The van der Waals surface area contributed by atoms with Crippen LogP contribution in [-0.4, -0.2) is 17.9 Å². The second-order valence-electron chi connectivity index (χ2n) is 6.00. The van der Waals surface area contributed by atoms with Gasteiger partial charge in [-0.1, -0.05) is 29.8 Å². The molecular formula is C16H20N2O2. The number of carbonyl (C=O) groups is 2. The molecule has 2 aliphatic rings. The minimum absolute atomic E-state index is 0.0820. The average Bonchev–Trinajstić information content (AvgIpc) is 3.31. The zero-order valence-electron chi connectivity index (χ0n) is 11.7. The molecule has 0 spiro atoms. The number of nitrogens with one attached hydrogen (secondary N) is 2. The van der Waals surface area contributed by atoms with Crippen LogP contribution in [-0.2, 0) is 16.1 Å². The molecule has 2 N–H and O–H groups in total. The number of rotatable bonds is 5. The van der Waals surface area contributed by atoms with Gasteiger partial charge in [0.25, 0.3) is 0 Å². The van der Waals surface area contributed by atoms with Crippen molar-refractivity contribution in [2.45, 2.75) is 45.2 Å². The van der Waals surface area contributed by atoms with Crippen LogP contribution in [0.5, 0.6) is 0 Å². The Labute approximate surface area is 118 Å². The van der Waals surface area contributed by atoms with E-state index in [-0.39, 0.29) is 11.8 Å². The van der Waals surface area contributed by atoms with Crippen LogP contribution < -0.4 is 10.6 Å². The van der Waals surface area contributed by atoms with E-state index in [0.29, 0.717) is 25.4 Å². The van der Waals surface area contributed by atoms with Crippen molar-refractivity contribution in [1.29, 1.82) is 0 Å². The molecule has 106 valence electrons. The van der Waals surface area contributed by atoms with E-state index in [9.17, 15) is 9.59 Å². The number of amides is 2. The fraction of sp³-hybridized carbons (Fsp3) is 0.500. The van der Waals surface area contributed by atoms with Gasteiger partial charge in [0.05, 0.1) is 0 Å². The van der Waals surface area contributed by atoms with Crippen molar-refractivity contribution in [2.75, 3.05) is 0 Å².